The number of imide groups is 1. The van der Waals surface area contributed by atoms with E-state index in [1.807, 2.05) is 38.1 Å². The molecule has 2 aromatic carbocycles. The van der Waals surface area contributed by atoms with Crippen LogP contribution in [0.1, 0.15) is 35.1 Å². The number of hydrogen-bond donors (Lipinski definition) is 1. The number of urea groups is 1. The molecule has 170 valence electrons. The molecule has 0 bridgehead atoms. The normalized spacial score (nSPS) is 24.7. The summed E-state index contributed by atoms with van der Waals surface area (Å²) in [5, 5.41) is 2.87. The Bertz CT molecular complexity index is 1020. The zero-order valence-corrected chi connectivity index (χ0v) is 18.1. The molecular formula is C24H26F3N3O2. The van der Waals surface area contributed by atoms with Gasteiger partial charge in [-0.2, -0.15) is 13.2 Å². The number of carbonyl (C=O) groups excluding carboxylic acids is 2. The first kappa shape index (κ1) is 22.3. The Kier molecular flexibility index (Phi) is 5.75. The van der Waals surface area contributed by atoms with E-state index in [0.717, 1.165) is 16.0 Å². The SMILES string of the molecule is Cc1ccc([C@]2(c3ccccc3)NC(=O)N(CN3CCC[C@H](C(F)(F)F)C3)C2=O)cc1C. The van der Waals surface area contributed by atoms with Crippen LogP contribution in [0.15, 0.2) is 48.5 Å². The highest BCUT2D eigenvalue weighted by molar-refractivity contribution is 6.09. The van der Waals surface area contributed by atoms with Crippen molar-refractivity contribution < 1.29 is 22.8 Å². The van der Waals surface area contributed by atoms with Crippen molar-refractivity contribution in [3.05, 3.63) is 70.8 Å². The zero-order valence-electron chi connectivity index (χ0n) is 18.1. The van der Waals surface area contributed by atoms with Crippen LogP contribution in [0.25, 0.3) is 0 Å². The molecule has 2 aliphatic heterocycles. The van der Waals surface area contributed by atoms with Crippen LogP contribution in [0.4, 0.5) is 18.0 Å². The van der Waals surface area contributed by atoms with Crippen LogP contribution >= 0.6 is 0 Å². The fraction of sp³-hybridized carbons (Fsp3) is 0.417. The number of benzene rings is 2. The monoisotopic (exact) mass is 445 g/mol. The van der Waals surface area contributed by atoms with Gasteiger partial charge in [-0.1, -0.05) is 48.5 Å². The second-order valence-corrected chi connectivity index (χ2v) is 8.68. The number of amides is 3. The summed E-state index contributed by atoms with van der Waals surface area (Å²) >= 11 is 0. The minimum absolute atomic E-state index is 0.0662. The maximum absolute atomic E-state index is 13.8. The van der Waals surface area contributed by atoms with Crippen molar-refractivity contribution in [3.63, 3.8) is 0 Å². The van der Waals surface area contributed by atoms with Crippen molar-refractivity contribution in [1.29, 1.82) is 0 Å². The highest BCUT2D eigenvalue weighted by Gasteiger charge is 2.54. The lowest BCUT2D eigenvalue weighted by atomic mass is 9.81. The minimum atomic E-state index is -4.29. The highest BCUT2D eigenvalue weighted by Crippen LogP contribution is 2.38. The van der Waals surface area contributed by atoms with Crippen molar-refractivity contribution in [2.24, 2.45) is 5.92 Å². The van der Waals surface area contributed by atoms with E-state index >= 15 is 0 Å². The number of piperidine rings is 1. The van der Waals surface area contributed by atoms with Crippen molar-refractivity contribution in [3.8, 4) is 0 Å². The van der Waals surface area contributed by atoms with Gasteiger partial charge in [0.05, 0.1) is 12.6 Å². The topological polar surface area (TPSA) is 52.7 Å². The van der Waals surface area contributed by atoms with Crippen molar-refractivity contribution >= 4 is 11.9 Å². The molecule has 0 unspecified atom stereocenters. The van der Waals surface area contributed by atoms with Crippen LogP contribution in [-0.4, -0.2) is 47.7 Å². The molecule has 32 heavy (non-hydrogen) atoms. The maximum atomic E-state index is 13.8. The highest BCUT2D eigenvalue weighted by atomic mass is 19.4. The number of likely N-dealkylation sites (tertiary alicyclic amines) is 1. The molecule has 0 saturated carbocycles. The van der Waals surface area contributed by atoms with E-state index in [4.69, 9.17) is 0 Å². The molecule has 0 radical (unpaired) electrons. The lowest BCUT2D eigenvalue weighted by molar-refractivity contribution is -0.187. The fourth-order valence-electron chi connectivity index (χ4n) is 4.58. The summed E-state index contributed by atoms with van der Waals surface area (Å²) in [6.45, 7) is 3.91. The van der Waals surface area contributed by atoms with Gasteiger partial charge in [0.1, 0.15) is 0 Å². The van der Waals surface area contributed by atoms with E-state index in [0.29, 0.717) is 24.1 Å². The summed E-state index contributed by atoms with van der Waals surface area (Å²) in [5.41, 5.74) is 1.84. The average Bonchev–Trinajstić information content (AvgIpc) is 3.01. The van der Waals surface area contributed by atoms with Gasteiger partial charge >= 0.3 is 12.2 Å². The Morgan fingerprint density at radius 1 is 1.03 bits per heavy atom. The fourth-order valence-corrected chi connectivity index (χ4v) is 4.58. The molecule has 3 amide bonds. The first-order valence-corrected chi connectivity index (χ1v) is 10.7. The van der Waals surface area contributed by atoms with Crippen LogP contribution in [0.2, 0.25) is 0 Å². The molecule has 2 atom stereocenters. The van der Waals surface area contributed by atoms with Gasteiger partial charge in [0.15, 0.2) is 5.54 Å². The third-order valence-corrected chi connectivity index (χ3v) is 6.56. The predicted octanol–water partition coefficient (Wildman–Crippen LogP) is 4.33. The first-order chi connectivity index (χ1) is 15.1. The number of nitrogens with zero attached hydrogens (tertiary/aromatic N) is 2. The first-order valence-electron chi connectivity index (χ1n) is 10.7. The van der Waals surface area contributed by atoms with Gasteiger partial charge in [0, 0.05) is 6.54 Å². The number of carbonyl (C=O) groups is 2. The molecule has 2 saturated heterocycles. The van der Waals surface area contributed by atoms with Gasteiger partial charge in [0.25, 0.3) is 5.91 Å². The Labute approximate surface area is 185 Å². The Hall–Kier alpha value is -2.87. The lowest BCUT2D eigenvalue weighted by Gasteiger charge is -2.35. The number of hydrogen-bond acceptors (Lipinski definition) is 3. The van der Waals surface area contributed by atoms with Crippen LogP contribution in [-0.2, 0) is 10.3 Å². The van der Waals surface area contributed by atoms with Gasteiger partial charge in [-0.05, 0) is 55.5 Å². The molecule has 1 N–H and O–H groups in total. The largest absolute Gasteiger partial charge is 0.393 e. The third-order valence-electron chi connectivity index (χ3n) is 6.56. The molecule has 2 heterocycles. The van der Waals surface area contributed by atoms with E-state index in [2.05, 4.69) is 5.32 Å². The van der Waals surface area contributed by atoms with Gasteiger partial charge in [-0.25, -0.2) is 9.69 Å². The van der Waals surface area contributed by atoms with Crippen LogP contribution in [0.3, 0.4) is 0 Å². The van der Waals surface area contributed by atoms with Crippen LogP contribution in [0, 0.1) is 19.8 Å². The molecular weight excluding hydrogens is 419 g/mol. The van der Waals surface area contributed by atoms with Gasteiger partial charge < -0.3 is 5.32 Å². The van der Waals surface area contributed by atoms with Crippen LogP contribution in [0.5, 0.6) is 0 Å². The summed E-state index contributed by atoms with van der Waals surface area (Å²) in [4.78, 5) is 29.4. The standard InChI is InChI=1S/C24H26F3N3O2/c1-16-10-11-19(13-17(16)2)23(18-7-4-3-5-8-18)21(31)30(22(32)28-23)15-29-12-6-9-20(14-29)24(25,26)27/h3-5,7-8,10-11,13,20H,6,9,12,14-15H2,1-2H3,(H,28,32)/t20-,23-/m0/s1. The second-order valence-electron chi connectivity index (χ2n) is 8.68. The number of aryl methyl sites for hydroxylation is 2. The molecule has 0 aromatic heterocycles. The van der Waals surface area contributed by atoms with E-state index < -0.39 is 29.6 Å². The van der Waals surface area contributed by atoms with E-state index in [1.165, 1.54) is 0 Å². The van der Waals surface area contributed by atoms with Gasteiger partial charge in [-0.3, -0.25) is 9.69 Å². The number of alkyl halides is 3. The summed E-state index contributed by atoms with van der Waals surface area (Å²) in [6, 6.07) is 13.9. The molecule has 0 spiro atoms. The minimum Gasteiger partial charge on any atom is -0.315 e. The number of nitrogens with one attached hydrogen (secondary N) is 1. The maximum Gasteiger partial charge on any atom is 0.393 e. The Morgan fingerprint density at radius 3 is 2.41 bits per heavy atom. The number of halogens is 3. The molecule has 2 fully saturated rings. The lowest BCUT2D eigenvalue weighted by Crippen LogP contribution is -2.49. The van der Waals surface area contributed by atoms with Gasteiger partial charge in [0.2, 0.25) is 0 Å². The molecule has 5 nitrogen and oxygen atoms in total. The molecule has 2 aromatic rings. The van der Waals surface area contributed by atoms with Crippen molar-refractivity contribution in [2.75, 3.05) is 19.8 Å². The zero-order chi connectivity index (χ0) is 23.1. The van der Waals surface area contributed by atoms with Crippen molar-refractivity contribution in [2.45, 2.75) is 38.4 Å². The molecule has 0 aliphatic carbocycles. The van der Waals surface area contributed by atoms with Crippen LogP contribution < -0.4 is 5.32 Å². The number of rotatable bonds is 4. The summed E-state index contributed by atoms with van der Waals surface area (Å²) in [7, 11) is 0. The van der Waals surface area contributed by atoms with Gasteiger partial charge in [-0.15, -0.1) is 0 Å². The van der Waals surface area contributed by atoms with E-state index in [-0.39, 0.29) is 19.6 Å². The molecule has 8 heteroatoms. The van der Waals surface area contributed by atoms with E-state index in [1.54, 1.807) is 29.2 Å². The second kappa shape index (κ2) is 8.24. The quantitative estimate of drug-likeness (QED) is 0.713. The third kappa shape index (κ3) is 3.88. The Morgan fingerprint density at radius 2 is 1.75 bits per heavy atom. The average molecular weight is 445 g/mol. The smallest absolute Gasteiger partial charge is 0.315 e. The van der Waals surface area contributed by atoms with Crippen molar-refractivity contribution in [1.82, 2.24) is 15.1 Å². The molecule has 2 aliphatic rings. The summed E-state index contributed by atoms with van der Waals surface area (Å²) in [5.74, 6) is -1.93. The summed E-state index contributed by atoms with van der Waals surface area (Å²) in [6.07, 6.45) is -3.85. The summed E-state index contributed by atoms with van der Waals surface area (Å²) < 4.78 is 39.7. The predicted molar refractivity (Wildman–Crippen MR) is 114 cm³/mol. The molecule has 4 rings (SSSR count). The Balaban J connectivity index is 1.69. The van der Waals surface area contributed by atoms with E-state index in [9.17, 15) is 22.8 Å².